The first kappa shape index (κ1) is 11.1. The van der Waals surface area contributed by atoms with E-state index in [0.717, 1.165) is 11.3 Å². The van der Waals surface area contributed by atoms with Crippen molar-refractivity contribution in [1.82, 2.24) is 0 Å². The van der Waals surface area contributed by atoms with Gasteiger partial charge in [-0.25, -0.2) is 4.39 Å². The molecular formula is C11H8FLiO. The standard InChI is InChI=1S/C11H8FO.Li/c12-10-5-3-9(4-6-10)8-11-2-1-7-13-11;/h1-6H,8H2;/q-1;+1. The SMILES string of the molecule is Fc1ccc(Cc2cc[c-]o2)cc1.[Li+]. The minimum Gasteiger partial charge on any atom is -0.595 e. The van der Waals surface area contributed by atoms with Gasteiger partial charge < -0.3 is 4.42 Å². The Balaban J connectivity index is 0.000000980. The van der Waals surface area contributed by atoms with Crippen LogP contribution in [0.2, 0.25) is 0 Å². The Morgan fingerprint density at radius 2 is 1.86 bits per heavy atom. The summed E-state index contributed by atoms with van der Waals surface area (Å²) in [6.45, 7) is 0. The van der Waals surface area contributed by atoms with Crippen LogP contribution < -0.4 is 18.9 Å². The summed E-state index contributed by atoms with van der Waals surface area (Å²) >= 11 is 0. The Kier molecular flexibility index (Phi) is 4.00. The Bertz CT molecular complexity index is 367. The van der Waals surface area contributed by atoms with Crippen molar-refractivity contribution in [2.45, 2.75) is 6.42 Å². The quantitative estimate of drug-likeness (QED) is 0.463. The molecule has 0 saturated heterocycles. The van der Waals surface area contributed by atoms with E-state index in [4.69, 9.17) is 4.42 Å². The fourth-order valence-corrected chi connectivity index (χ4v) is 1.17. The van der Waals surface area contributed by atoms with E-state index in [0.29, 0.717) is 6.42 Å². The predicted molar refractivity (Wildman–Crippen MR) is 46.8 cm³/mol. The van der Waals surface area contributed by atoms with Gasteiger partial charge in [-0.3, -0.25) is 0 Å². The second kappa shape index (κ2) is 5.04. The second-order valence-corrected chi connectivity index (χ2v) is 2.82. The maximum atomic E-state index is 12.5. The molecule has 0 radical (unpaired) electrons. The average Bonchev–Trinajstić information content (AvgIpc) is 2.62. The van der Waals surface area contributed by atoms with E-state index in [1.54, 1.807) is 18.2 Å². The molecule has 1 aromatic heterocycles. The molecular weight excluding hydrogens is 174 g/mol. The first-order chi connectivity index (χ1) is 6.34. The summed E-state index contributed by atoms with van der Waals surface area (Å²) in [5.74, 6) is 0.626. The van der Waals surface area contributed by atoms with E-state index < -0.39 is 0 Å². The Labute approximate surface area is 94.1 Å². The van der Waals surface area contributed by atoms with Crippen molar-refractivity contribution >= 4 is 0 Å². The largest absolute Gasteiger partial charge is 1.00 e. The summed E-state index contributed by atoms with van der Waals surface area (Å²) < 4.78 is 17.6. The van der Waals surface area contributed by atoms with Crippen LogP contribution in [0.25, 0.3) is 0 Å². The topological polar surface area (TPSA) is 13.1 Å². The van der Waals surface area contributed by atoms with Crippen molar-refractivity contribution in [3.63, 3.8) is 0 Å². The Hall–Kier alpha value is -0.973. The fourth-order valence-electron chi connectivity index (χ4n) is 1.17. The molecule has 1 aromatic carbocycles. The number of hydrogen-bond donors (Lipinski definition) is 0. The van der Waals surface area contributed by atoms with Gasteiger partial charge in [-0.05, 0) is 24.8 Å². The fraction of sp³-hybridized carbons (Fsp3) is 0.0909. The molecule has 3 heteroatoms. The zero-order chi connectivity index (χ0) is 9.10. The van der Waals surface area contributed by atoms with Crippen LogP contribution in [0.1, 0.15) is 11.3 Å². The molecule has 0 spiro atoms. The van der Waals surface area contributed by atoms with Gasteiger partial charge in [0.15, 0.2) is 0 Å². The van der Waals surface area contributed by atoms with Crippen LogP contribution in [0.15, 0.2) is 40.8 Å². The van der Waals surface area contributed by atoms with E-state index >= 15 is 0 Å². The van der Waals surface area contributed by atoms with Gasteiger partial charge >= 0.3 is 18.9 Å². The molecule has 0 bridgehead atoms. The molecule has 1 heterocycles. The van der Waals surface area contributed by atoms with Gasteiger partial charge in [0.2, 0.25) is 0 Å². The third-order valence-corrected chi connectivity index (χ3v) is 1.82. The van der Waals surface area contributed by atoms with Gasteiger partial charge in [-0.15, -0.1) is 6.07 Å². The van der Waals surface area contributed by atoms with Crippen molar-refractivity contribution < 1.29 is 27.7 Å². The zero-order valence-electron chi connectivity index (χ0n) is 7.96. The summed E-state index contributed by atoms with van der Waals surface area (Å²) in [6, 6.07) is 9.96. The number of furan rings is 1. The minimum atomic E-state index is -0.213. The summed E-state index contributed by atoms with van der Waals surface area (Å²) in [4.78, 5) is 0. The van der Waals surface area contributed by atoms with Crippen LogP contribution in [0.5, 0.6) is 0 Å². The van der Waals surface area contributed by atoms with Gasteiger partial charge in [0.05, 0.1) is 0 Å². The number of halogens is 1. The van der Waals surface area contributed by atoms with E-state index in [9.17, 15) is 4.39 Å². The van der Waals surface area contributed by atoms with E-state index in [2.05, 4.69) is 6.26 Å². The maximum Gasteiger partial charge on any atom is 1.00 e. The first-order valence-electron chi connectivity index (χ1n) is 4.04. The van der Waals surface area contributed by atoms with E-state index in [-0.39, 0.29) is 24.7 Å². The summed E-state index contributed by atoms with van der Waals surface area (Å²) in [5.41, 5.74) is 1.03. The maximum absolute atomic E-state index is 12.5. The average molecular weight is 182 g/mol. The second-order valence-electron chi connectivity index (χ2n) is 2.82. The molecule has 0 atom stereocenters. The van der Waals surface area contributed by atoms with Gasteiger partial charge in [-0.2, -0.15) is 6.07 Å². The van der Waals surface area contributed by atoms with Gasteiger partial charge in [0, 0.05) is 0 Å². The predicted octanol–water partition coefficient (Wildman–Crippen LogP) is -0.186. The van der Waals surface area contributed by atoms with Crippen LogP contribution in [-0.4, -0.2) is 0 Å². The molecule has 0 aliphatic rings. The molecule has 0 unspecified atom stereocenters. The molecule has 1 nitrogen and oxygen atoms in total. The van der Waals surface area contributed by atoms with Crippen molar-refractivity contribution in [2.75, 3.05) is 0 Å². The summed E-state index contributed by atoms with van der Waals surface area (Å²) in [5, 5.41) is 0. The summed E-state index contributed by atoms with van der Waals surface area (Å²) in [6.07, 6.45) is 3.30. The minimum absolute atomic E-state index is 0. The van der Waals surface area contributed by atoms with Crippen LogP contribution in [0, 0.1) is 12.1 Å². The van der Waals surface area contributed by atoms with E-state index in [1.165, 1.54) is 12.1 Å². The molecule has 66 valence electrons. The van der Waals surface area contributed by atoms with Gasteiger partial charge in [0.1, 0.15) is 5.82 Å². The first-order valence-corrected chi connectivity index (χ1v) is 4.04. The van der Waals surface area contributed by atoms with Crippen LogP contribution in [0.4, 0.5) is 4.39 Å². The molecule has 0 N–H and O–H groups in total. The molecule has 2 aromatic rings. The Morgan fingerprint density at radius 1 is 1.14 bits per heavy atom. The number of benzene rings is 1. The molecule has 0 fully saturated rings. The number of hydrogen-bond acceptors (Lipinski definition) is 1. The third kappa shape index (κ3) is 2.76. The molecule has 2 rings (SSSR count). The van der Waals surface area contributed by atoms with Crippen molar-refractivity contribution in [2.24, 2.45) is 0 Å². The zero-order valence-corrected chi connectivity index (χ0v) is 7.96. The molecule has 14 heavy (non-hydrogen) atoms. The van der Waals surface area contributed by atoms with Crippen LogP contribution in [-0.2, 0) is 6.42 Å². The van der Waals surface area contributed by atoms with Gasteiger partial charge in [0.25, 0.3) is 0 Å². The molecule has 0 aliphatic carbocycles. The molecule has 0 aliphatic heterocycles. The number of rotatable bonds is 2. The smallest absolute Gasteiger partial charge is 0.595 e. The molecule has 0 saturated carbocycles. The monoisotopic (exact) mass is 182 g/mol. The normalized spacial score (nSPS) is 9.50. The van der Waals surface area contributed by atoms with Crippen LogP contribution >= 0.6 is 0 Å². The summed E-state index contributed by atoms with van der Waals surface area (Å²) in [7, 11) is 0. The van der Waals surface area contributed by atoms with Crippen molar-refractivity contribution in [1.29, 1.82) is 0 Å². The molecule has 0 amide bonds. The van der Waals surface area contributed by atoms with Crippen molar-refractivity contribution in [3.8, 4) is 0 Å². The van der Waals surface area contributed by atoms with Gasteiger partial charge in [-0.1, -0.05) is 23.5 Å². The Morgan fingerprint density at radius 3 is 2.43 bits per heavy atom. The van der Waals surface area contributed by atoms with Crippen molar-refractivity contribution in [3.05, 3.63) is 59.8 Å². The third-order valence-electron chi connectivity index (χ3n) is 1.82. The van der Waals surface area contributed by atoms with E-state index in [1.807, 2.05) is 6.07 Å². The van der Waals surface area contributed by atoms with Crippen LogP contribution in [0.3, 0.4) is 0 Å².